The average molecular weight is 482 g/mol. The lowest BCUT2D eigenvalue weighted by atomic mass is 10.0. The highest BCUT2D eigenvalue weighted by atomic mass is 35.5. The summed E-state index contributed by atoms with van der Waals surface area (Å²) >= 11 is 6.36. The molecule has 0 aliphatic carbocycles. The minimum atomic E-state index is -0.961. The predicted octanol–water partition coefficient (Wildman–Crippen LogP) is 6.20. The highest BCUT2D eigenvalue weighted by Gasteiger charge is 2.17. The normalized spacial score (nSPS) is 10.8. The van der Waals surface area contributed by atoms with Crippen LogP contribution in [-0.4, -0.2) is 36.0 Å². The van der Waals surface area contributed by atoms with Crippen LogP contribution in [0.2, 0.25) is 5.02 Å². The van der Waals surface area contributed by atoms with Crippen molar-refractivity contribution in [3.8, 4) is 17.2 Å². The number of carbonyl (C=O) groups is 1. The number of ether oxygens (including phenoxy) is 1. The van der Waals surface area contributed by atoms with E-state index in [0.717, 1.165) is 58.8 Å². The Morgan fingerprint density at radius 1 is 1.18 bits per heavy atom. The summed E-state index contributed by atoms with van der Waals surface area (Å²) in [4.78, 5) is 12.8. The molecule has 3 aromatic rings. The Kier molecular flexibility index (Phi) is 8.69. The number of rotatable bonds is 11. The summed E-state index contributed by atoms with van der Waals surface area (Å²) in [5.41, 5.74) is 6.29. The first kappa shape index (κ1) is 25.3. The third kappa shape index (κ3) is 6.16. The number of carboxylic acids is 1. The molecule has 1 N–H and O–H groups in total. The van der Waals surface area contributed by atoms with Crippen LogP contribution in [0, 0.1) is 32.1 Å². The number of anilines is 2. The molecule has 0 saturated heterocycles. The molecular formula is C26H28ClN3O4. The summed E-state index contributed by atoms with van der Waals surface area (Å²) in [5.74, 6) is -0.195. The highest BCUT2D eigenvalue weighted by molar-refractivity contribution is 6.32. The third-order valence-electron chi connectivity index (χ3n) is 5.60. The molecule has 7 nitrogen and oxygen atoms in total. The Labute approximate surface area is 204 Å². The molecule has 0 spiro atoms. The first-order valence-corrected chi connectivity index (χ1v) is 11.5. The zero-order valence-electron chi connectivity index (χ0n) is 19.6. The summed E-state index contributed by atoms with van der Waals surface area (Å²) < 4.78 is 10.5. The van der Waals surface area contributed by atoms with Crippen molar-refractivity contribution in [2.45, 2.75) is 40.0 Å². The van der Waals surface area contributed by atoms with Gasteiger partial charge in [-0.15, -0.1) is 0 Å². The number of aliphatic carboxylic acids is 1. The number of unbranched alkanes of at least 4 members (excludes halogenated alkanes) is 2. The van der Waals surface area contributed by atoms with Crippen molar-refractivity contribution in [3.63, 3.8) is 0 Å². The minimum absolute atomic E-state index is 0.274. The van der Waals surface area contributed by atoms with Gasteiger partial charge in [-0.2, -0.15) is 5.26 Å². The Balaban J connectivity index is 1.88. The van der Waals surface area contributed by atoms with Crippen LogP contribution in [0.1, 0.15) is 41.8 Å². The van der Waals surface area contributed by atoms with Gasteiger partial charge in [-0.25, -0.2) is 4.79 Å². The van der Waals surface area contributed by atoms with Gasteiger partial charge in [0.25, 0.3) is 0 Å². The van der Waals surface area contributed by atoms with Crippen LogP contribution in [0.4, 0.5) is 11.4 Å². The zero-order valence-corrected chi connectivity index (χ0v) is 20.4. The number of benzene rings is 2. The number of hydrogen-bond donors (Lipinski definition) is 1. The molecule has 34 heavy (non-hydrogen) atoms. The summed E-state index contributed by atoms with van der Waals surface area (Å²) in [6, 6.07) is 13.8. The summed E-state index contributed by atoms with van der Waals surface area (Å²) in [6.45, 7) is 6.74. The van der Waals surface area contributed by atoms with E-state index in [2.05, 4.69) is 41.2 Å². The van der Waals surface area contributed by atoms with Crippen molar-refractivity contribution < 1.29 is 19.2 Å². The molecular weight excluding hydrogens is 454 g/mol. The Morgan fingerprint density at radius 2 is 1.97 bits per heavy atom. The Morgan fingerprint density at radius 3 is 2.62 bits per heavy atom. The van der Waals surface area contributed by atoms with Crippen molar-refractivity contribution in [3.05, 3.63) is 64.0 Å². The smallest absolute Gasteiger partial charge is 0.329 e. The van der Waals surface area contributed by atoms with Crippen LogP contribution < -0.4 is 4.90 Å². The fraction of sp³-hybridized carbons (Fsp3) is 0.346. The van der Waals surface area contributed by atoms with Gasteiger partial charge in [0.05, 0.1) is 16.3 Å². The topological polar surface area (TPSA) is 99.6 Å². The molecule has 1 heterocycles. The Bertz CT molecular complexity index is 1180. The van der Waals surface area contributed by atoms with E-state index in [0.29, 0.717) is 23.7 Å². The number of halogens is 1. The summed E-state index contributed by atoms with van der Waals surface area (Å²) in [7, 11) is 0. The van der Waals surface area contributed by atoms with Gasteiger partial charge in [-0.05, 0) is 75.4 Å². The molecule has 0 bridgehead atoms. The second-order valence-corrected chi connectivity index (χ2v) is 8.54. The van der Waals surface area contributed by atoms with Gasteiger partial charge >= 0.3 is 5.97 Å². The van der Waals surface area contributed by atoms with E-state index in [1.54, 1.807) is 6.07 Å². The van der Waals surface area contributed by atoms with E-state index < -0.39 is 5.97 Å². The molecule has 3 rings (SSSR count). The lowest BCUT2D eigenvalue weighted by Crippen LogP contribution is -2.20. The number of aryl methyl sites for hydroxylation is 3. The third-order valence-corrected chi connectivity index (χ3v) is 5.92. The molecule has 0 saturated carbocycles. The average Bonchev–Trinajstić information content (AvgIpc) is 3.14. The summed E-state index contributed by atoms with van der Waals surface area (Å²) in [5, 5.41) is 22.4. The van der Waals surface area contributed by atoms with Crippen LogP contribution in [0.5, 0.6) is 0 Å². The summed E-state index contributed by atoms with van der Waals surface area (Å²) in [6.07, 6.45) is 2.51. The molecule has 0 atom stereocenters. The van der Waals surface area contributed by atoms with Crippen LogP contribution in [0.15, 0.2) is 40.9 Å². The van der Waals surface area contributed by atoms with Crippen molar-refractivity contribution in [1.82, 2.24) is 5.16 Å². The van der Waals surface area contributed by atoms with Gasteiger partial charge in [0.15, 0.2) is 0 Å². The second kappa shape index (κ2) is 11.7. The molecule has 2 aromatic carbocycles. The van der Waals surface area contributed by atoms with Crippen molar-refractivity contribution in [1.29, 1.82) is 5.26 Å². The molecule has 0 fully saturated rings. The lowest BCUT2D eigenvalue weighted by molar-refractivity contribution is -0.142. The zero-order chi connectivity index (χ0) is 24.7. The van der Waals surface area contributed by atoms with E-state index in [1.165, 1.54) is 0 Å². The molecule has 1 aromatic heterocycles. The van der Waals surface area contributed by atoms with E-state index in [9.17, 15) is 10.1 Å². The number of nitriles is 1. The van der Waals surface area contributed by atoms with Crippen molar-refractivity contribution in [2.24, 2.45) is 0 Å². The number of carboxylic acid groups (broad SMARTS) is 1. The van der Waals surface area contributed by atoms with Gasteiger partial charge in [0.1, 0.15) is 18.4 Å². The number of aromatic nitrogens is 1. The van der Waals surface area contributed by atoms with Gasteiger partial charge in [0.2, 0.25) is 0 Å². The van der Waals surface area contributed by atoms with Crippen LogP contribution in [0.25, 0.3) is 11.1 Å². The fourth-order valence-corrected chi connectivity index (χ4v) is 4.13. The van der Waals surface area contributed by atoms with E-state index in [1.807, 2.05) is 26.0 Å². The van der Waals surface area contributed by atoms with E-state index in [4.69, 9.17) is 26.0 Å². The second-order valence-electron chi connectivity index (χ2n) is 8.14. The maximum absolute atomic E-state index is 10.6. The molecule has 0 unspecified atom stereocenters. The molecule has 0 radical (unpaired) electrons. The fourth-order valence-electron chi connectivity index (χ4n) is 3.91. The maximum atomic E-state index is 10.6. The SMILES string of the molecule is Cc1ccc(-c2c(C)noc2C)cc1N(CCCCCOCC(=O)O)c1ccc(C#N)c(Cl)c1. The first-order valence-electron chi connectivity index (χ1n) is 11.1. The van der Waals surface area contributed by atoms with Gasteiger partial charge in [-0.3, -0.25) is 0 Å². The first-order chi connectivity index (χ1) is 16.3. The molecule has 0 aliphatic heterocycles. The van der Waals surface area contributed by atoms with Gasteiger partial charge in [0, 0.05) is 30.1 Å². The van der Waals surface area contributed by atoms with Crippen molar-refractivity contribution >= 4 is 28.9 Å². The maximum Gasteiger partial charge on any atom is 0.329 e. The van der Waals surface area contributed by atoms with E-state index in [-0.39, 0.29) is 6.61 Å². The highest BCUT2D eigenvalue weighted by Crippen LogP contribution is 2.36. The van der Waals surface area contributed by atoms with Crippen LogP contribution >= 0.6 is 11.6 Å². The predicted molar refractivity (Wildman–Crippen MR) is 132 cm³/mol. The largest absolute Gasteiger partial charge is 0.480 e. The molecule has 8 heteroatoms. The van der Waals surface area contributed by atoms with E-state index >= 15 is 0 Å². The molecule has 0 amide bonds. The Hall–Kier alpha value is -3.34. The molecule has 0 aliphatic rings. The molecule has 178 valence electrons. The van der Waals surface area contributed by atoms with Gasteiger partial charge in [-0.1, -0.05) is 28.9 Å². The van der Waals surface area contributed by atoms with Crippen molar-refractivity contribution in [2.75, 3.05) is 24.7 Å². The number of hydrogen-bond acceptors (Lipinski definition) is 6. The lowest BCUT2D eigenvalue weighted by Gasteiger charge is -2.28. The van der Waals surface area contributed by atoms with Gasteiger partial charge < -0.3 is 19.3 Å². The van der Waals surface area contributed by atoms with Crippen LogP contribution in [0.3, 0.4) is 0 Å². The standard InChI is InChI=1S/C26H28ClN3O4/c1-17-7-8-20(26-18(2)29-34-19(26)3)13-24(17)30(11-5-4-6-12-33-16-25(31)32)22-10-9-21(15-28)23(27)14-22/h7-10,13-14H,4-6,11-12,16H2,1-3H3,(H,31,32). The minimum Gasteiger partial charge on any atom is -0.480 e. The number of nitrogens with zero attached hydrogens (tertiary/aromatic N) is 3. The quantitative estimate of drug-likeness (QED) is 0.325. The van der Waals surface area contributed by atoms with Crippen LogP contribution in [-0.2, 0) is 9.53 Å². The monoisotopic (exact) mass is 481 g/mol.